The molecule has 0 aliphatic carbocycles. The SMILES string of the molecule is COC(=O)c1c(C)[nH]c(C(C)(C)C)nc1=S. The summed E-state index contributed by atoms with van der Waals surface area (Å²) < 4.78 is 4.94. The summed E-state index contributed by atoms with van der Waals surface area (Å²) in [5.41, 5.74) is 0.898. The minimum absolute atomic E-state index is 0.132. The molecule has 0 atom stereocenters. The van der Waals surface area contributed by atoms with Gasteiger partial charge in [-0.05, 0) is 6.92 Å². The Morgan fingerprint density at radius 2 is 2.00 bits per heavy atom. The monoisotopic (exact) mass is 240 g/mol. The van der Waals surface area contributed by atoms with E-state index in [4.69, 9.17) is 12.2 Å². The fourth-order valence-corrected chi connectivity index (χ4v) is 1.61. The molecule has 1 aromatic rings. The van der Waals surface area contributed by atoms with Gasteiger partial charge in [-0.3, -0.25) is 0 Å². The summed E-state index contributed by atoms with van der Waals surface area (Å²) in [6.45, 7) is 7.87. The number of aryl methyl sites for hydroxylation is 1. The molecule has 0 amide bonds. The van der Waals surface area contributed by atoms with Gasteiger partial charge in [-0.15, -0.1) is 0 Å². The third-order valence-corrected chi connectivity index (χ3v) is 2.50. The number of aromatic amines is 1. The second kappa shape index (κ2) is 4.33. The molecule has 88 valence electrons. The van der Waals surface area contributed by atoms with Gasteiger partial charge in [0, 0.05) is 11.1 Å². The predicted octanol–water partition coefficient (Wildman–Crippen LogP) is 2.53. The van der Waals surface area contributed by atoms with Crippen molar-refractivity contribution < 1.29 is 9.53 Å². The molecule has 4 nitrogen and oxygen atoms in total. The molecule has 1 aromatic heterocycles. The predicted molar refractivity (Wildman–Crippen MR) is 64.2 cm³/mol. The summed E-state index contributed by atoms with van der Waals surface area (Å²) in [6.07, 6.45) is 0. The lowest BCUT2D eigenvalue weighted by Crippen LogP contribution is -2.19. The average Bonchev–Trinajstić information content (AvgIpc) is 2.14. The molecule has 0 saturated heterocycles. The Morgan fingerprint density at radius 1 is 1.44 bits per heavy atom. The number of carbonyl (C=O) groups is 1. The highest BCUT2D eigenvalue weighted by Gasteiger charge is 2.20. The van der Waals surface area contributed by atoms with Gasteiger partial charge >= 0.3 is 5.97 Å². The smallest absolute Gasteiger partial charge is 0.342 e. The Balaban J connectivity index is 3.40. The van der Waals surface area contributed by atoms with Gasteiger partial charge in [-0.2, -0.15) is 0 Å². The van der Waals surface area contributed by atoms with E-state index in [0.717, 1.165) is 5.82 Å². The van der Waals surface area contributed by atoms with Crippen LogP contribution in [-0.4, -0.2) is 23.0 Å². The van der Waals surface area contributed by atoms with Gasteiger partial charge in [0.1, 0.15) is 16.0 Å². The molecule has 0 saturated carbocycles. The van der Waals surface area contributed by atoms with E-state index in [1.807, 2.05) is 20.8 Å². The molecule has 1 N–H and O–H groups in total. The van der Waals surface area contributed by atoms with Crippen LogP contribution < -0.4 is 0 Å². The fourth-order valence-electron chi connectivity index (χ4n) is 1.28. The lowest BCUT2D eigenvalue weighted by Gasteiger charge is -2.18. The van der Waals surface area contributed by atoms with Crippen LogP contribution in [0.25, 0.3) is 0 Å². The molecular weight excluding hydrogens is 224 g/mol. The van der Waals surface area contributed by atoms with Crippen molar-refractivity contribution in [3.8, 4) is 0 Å². The van der Waals surface area contributed by atoms with Gasteiger partial charge < -0.3 is 9.72 Å². The molecule has 1 heterocycles. The summed E-state index contributed by atoms with van der Waals surface area (Å²) >= 11 is 5.11. The first-order valence-electron chi connectivity index (χ1n) is 4.97. The van der Waals surface area contributed by atoms with Crippen LogP contribution in [-0.2, 0) is 10.2 Å². The quantitative estimate of drug-likeness (QED) is 0.605. The van der Waals surface area contributed by atoms with E-state index in [1.54, 1.807) is 6.92 Å². The molecule has 0 fully saturated rings. The number of esters is 1. The van der Waals surface area contributed by atoms with Crippen molar-refractivity contribution in [2.24, 2.45) is 0 Å². The summed E-state index contributed by atoms with van der Waals surface area (Å²) in [4.78, 5) is 18.8. The van der Waals surface area contributed by atoms with Gasteiger partial charge in [0.25, 0.3) is 0 Å². The maximum Gasteiger partial charge on any atom is 0.342 e. The van der Waals surface area contributed by atoms with Gasteiger partial charge in [0.15, 0.2) is 0 Å². The third kappa shape index (κ3) is 2.47. The van der Waals surface area contributed by atoms with Gasteiger partial charge in [0.05, 0.1) is 7.11 Å². The van der Waals surface area contributed by atoms with Crippen LogP contribution in [0.3, 0.4) is 0 Å². The number of H-pyrrole nitrogens is 1. The fraction of sp³-hybridized carbons (Fsp3) is 0.545. The van der Waals surface area contributed by atoms with E-state index in [1.165, 1.54) is 7.11 Å². The van der Waals surface area contributed by atoms with E-state index < -0.39 is 5.97 Å². The largest absolute Gasteiger partial charge is 0.465 e. The van der Waals surface area contributed by atoms with E-state index in [9.17, 15) is 4.79 Å². The van der Waals surface area contributed by atoms with E-state index in [2.05, 4.69) is 14.7 Å². The number of aromatic nitrogens is 2. The highest BCUT2D eigenvalue weighted by molar-refractivity contribution is 7.71. The zero-order chi connectivity index (χ0) is 12.5. The molecular formula is C11H16N2O2S. The molecule has 0 spiro atoms. The molecule has 1 rings (SSSR count). The van der Waals surface area contributed by atoms with Crippen LogP contribution in [0, 0.1) is 11.6 Å². The minimum atomic E-state index is -0.452. The van der Waals surface area contributed by atoms with E-state index in [0.29, 0.717) is 11.3 Å². The number of ether oxygens (including phenoxy) is 1. The van der Waals surface area contributed by atoms with Crippen LogP contribution in [0.15, 0.2) is 0 Å². The third-order valence-electron chi connectivity index (χ3n) is 2.21. The van der Waals surface area contributed by atoms with Crippen molar-refractivity contribution >= 4 is 18.2 Å². The Kier molecular flexibility index (Phi) is 3.48. The van der Waals surface area contributed by atoms with E-state index in [-0.39, 0.29) is 10.1 Å². The molecule has 0 unspecified atom stereocenters. The molecule has 16 heavy (non-hydrogen) atoms. The number of rotatable bonds is 1. The topological polar surface area (TPSA) is 55.0 Å². The van der Waals surface area contributed by atoms with Crippen LogP contribution in [0.4, 0.5) is 0 Å². The zero-order valence-electron chi connectivity index (χ0n) is 10.2. The second-order valence-corrected chi connectivity index (χ2v) is 5.02. The van der Waals surface area contributed by atoms with Crippen molar-refractivity contribution in [3.63, 3.8) is 0 Å². The minimum Gasteiger partial charge on any atom is -0.465 e. The van der Waals surface area contributed by atoms with E-state index >= 15 is 0 Å². The number of methoxy groups -OCH3 is 1. The van der Waals surface area contributed by atoms with Crippen molar-refractivity contribution in [1.29, 1.82) is 0 Å². The van der Waals surface area contributed by atoms with Crippen LogP contribution in [0.1, 0.15) is 42.6 Å². The Labute approximate surface area is 100 Å². The number of nitrogens with zero attached hydrogens (tertiary/aromatic N) is 1. The average molecular weight is 240 g/mol. The Morgan fingerprint density at radius 3 is 2.38 bits per heavy atom. The zero-order valence-corrected chi connectivity index (χ0v) is 11.0. The number of hydrogen-bond acceptors (Lipinski definition) is 4. The maximum atomic E-state index is 11.5. The molecule has 0 aromatic carbocycles. The highest BCUT2D eigenvalue weighted by Crippen LogP contribution is 2.19. The van der Waals surface area contributed by atoms with Gasteiger partial charge in [0.2, 0.25) is 0 Å². The Hall–Kier alpha value is -1.23. The molecule has 0 aliphatic heterocycles. The van der Waals surface area contributed by atoms with Gasteiger partial charge in [-0.25, -0.2) is 9.78 Å². The molecule has 0 bridgehead atoms. The first-order valence-corrected chi connectivity index (χ1v) is 5.38. The van der Waals surface area contributed by atoms with Crippen molar-refractivity contribution in [2.45, 2.75) is 33.1 Å². The van der Waals surface area contributed by atoms with Crippen molar-refractivity contribution in [3.05, 3.63) is 21.7 Å². The maximum absolute atomic E-state index is 11.5. The van der Waals surface area contributed by atoms with Crippen LogP contribution in [0.5, 0.6) is 0 Å². The highest BCUT2D eigenvalue weighted by atomic mass is 32.1. The first-order chi connectivity index (χ1) is 7.27. The number of hydrogen-bond donors (Lipinski definition) is 1. The van der Waals surface area contributed by atoms with Crippen molar-refractivity contribution in [1.82, 2.24) is 9.97 Å². The standard InChI is InChI=1S/C11H16N2O2S/c1-6-7(9(14)15-5)8(16)13-10(12-6)11(2,3)4/h1-5H3,(H,12,13,16). The lowest BCUT2D eigenvalue weighted by atomic mass is 9.95. The van der Waals surface area contributed by atoms with Gasteiger partial charge in [-0.1, -0.05) is 33.0 Å². The first kappa shape index (κ1) is 12.8. The molecule has 5 heteroatoms. The molecule has 0 aliphatic rings. The van der Waals surface area contributed by atoms with Crippen LogP contribution >= 0.6 is 12.2 Å². The number of nitrogens with one attached hydrogen (secondary N) is 1. The van der Waals surface area contributed by atoms with Crippen molar-refractivity contribution in [2.75, 3.05) is 7.11 Å². The normalized spacial score (nSPS) is 11.3. The Bertz CT molecular complexity index is 472. The summed E-state index contributed by atoms with van der Waals surface area (Å²) in [6, 6.07) is 0. The van der Waals surface area contributed by atoms with Crippen LogP contribution in [0.2, 0.25) is 0 Å². The summed E-state index contributed by atoms with van der Waals surface area (Å²) in [7, 11) is 1.33. The second-order valence-electron chi connectivity index (χ2n) is 4.63. The summed E-state index contributed by atoms with van der Waals surface area (Å²) in [5.74, 6) is 0.314. The summed E-state index contributed by atoms with van der Waals surface area (Å²) in [5, 5.41) is 0. The number of carbonyl (C=O) groups excluding carboxylic acids is 1. The molecule has 0 radical (unpaired) electrons. The lowest BCUT2D eigenvalue weighted by molar-refractivity contribution is 0.0598.